The number of carboxylic acids is 1. The summed E-state index contributed by atoms with van der Waals surface area (Å²) >= 11 is 7.40. The largest absolute Gasteiger partial charge is 0.478 e. The molecule has 0 atom stereocenters. The molecule has 0 unspecified atom stereocenters. The zero-order valence-corrected chi connectivity index (χ0v) is 10.3. The van der Waals surface area contributed by atoms with Gasteiger partial charge in [-0.15, -0.1) is 11.8 Å². The lowest BCUT2D eigenvalue weighted by molar-refractivity contribution is 0.0696. The van der Waals surface area contributed by atoms with E-state index in [1.54, 1.807) is 17.8 Å². The Morgan fingerprint density at radius 2 is 2.24 bits per heavy atom. The van der Waals surface area contributed by atoms with Crippen molar-refractivity contribution in [3.63, 3.8) is 0 Å². The predicted molar refractivity (Wildman–Crippen MR) is 66.7 cm³/mol. The third-order valence-corrected chi connectivity index (χ3v) is 3.33. The van der Waals surface area contributed by atoms with Gasteiger partial charge in [-0.2, -0.15) is 0 Å². The second-order valence-electron chi connectivity index (χ2n) is 3.35. The summed E-state index contributed by atoms with van der Waals surface area (Å²) in [6.45, 7) is 0. The van der Waals surface area contributed by atoms with Crippen LogP contribution in [0.15, 0.2) is 45.9 Å². The van der Waals surface area contributed by atoms with Crippen LogP contribution in [0.2, 0.25) is 5.02 Å². The lowest BCUT2D eigenvalue weighted by Gasteiger charge is -1.99. The summed E-state index contributed by atoms with van der Waals surface area (Å²) in [5.74, 6) is 0.230. The highest BCUT2D eigenvalue weighted by Gasteiger charge is 2.08. The molecule has 3 nitrogen and oxygen atoms in total. The first-order valence-corrected chi connectivity index (χ1v) is 6.20. The number of aromatic carboxylic acids is 1. The SMILES string of the molecule is O=C(O)c1coc(CSc2cccc(Cl)c2)c1. The van der Waals surface area contributed by atoms with E-state index in [1.165, 1.54) is 12.3 Å². The summed E-state index contributed by atoms with van der Waals surface area (Å²) < 4.78 is 5.14. The molecule has 0 aliphatic carbocycles. The number of halogens is 1. The second kappa shape index (κ2) is 5.29. The predicted octanol–water partition coefficient (Wildman–Crippen LogP) is 3.92. The maximum atomic E-state index is 10.6. The van der Waals surface area contributed by atoms with Crippen LogP contribution in [0.5, 0.6) is 0 Å². The average molecular weight is 269 g/mol. The summed E-state index contributed by atoms with van der Waals surface area (Å²) in [4.78, 5) is 11.7. The van der Waals surface area contributed by atoms with Crippen molar-refractivity contribution in [3.8, 4) is 0 Å². The van der Waals surface area contributed by atoms with Gasteiger partial charge >= 0.3 is 5.97 Å². The Bertz CT molecular complexity index is 536. The molecule has 0 aliphatic heterocycles. The van der Waals surface area contributed by atoms with Crippen LogP contribution in [-0.2, 0) is 5.75 Å². The van der Waals surface area contributed by atoms with Crippen molar-refractivity contribution in [1.82, 2.24) is 0 Å². The van der Waals surface area contributed by atoms with Gasteiger partial charge in [0, 0.05) is 9.92 Å². The smallest absolute Gasteiger partial charge is 0.338 e. The molecular formula is C12H9ClO3S. The number of benzene rings is 1. The Kier molecular flexibility index (Phi) is 3.76. The molecule has 1 aromatic carbocycles. The maximum Gasteiger partial charge on any atom is 0.338 e. The van der Waals surface area contributed by atoms with E-state index in [2.05, 4.69) is 0 Å². The molecule has 5 heteroatoms. The lowest BCUT2D eigenvalue weighted by Crippen LogP contribution is -1.91. The van der Waals surface area contributed by atoms with Crippen LogP contribution in [0.4, 0.5) is 0 Å². The highest BCUT2D eigenvalue weighted by atomic mass is 35.5. The number of carbonyl (C=O) groups is 1. The van der Waals surface area contributed by atoms with Gasteiger partial charge in [0.1, 0.15) is 12.0 Å². The van der Waals surface area contributed by atoms with Crippen LogP contribution in [0.1, 0.15) is 16.1 Å². The van der Waals surface area contributed by atoms with Gasteiger partial charge in [0.15, 0.2) is 0 Å². The Labute approximate surface area is 107 Å². The molecule has 0 amide bonds. The molecule has 17 heavy (non-hydrogen) atoms. The number of rotatable bonds is 4. The molecule has 2 rings (SSSR count). The van der Waals surface area contributed by atoms with E-state index in [-0.39, 0.29) is 5.56 Å². The van der Waals surface area contributed by atoms with Crippen LogP contribution in [0, 0.1) is 0 Å². The molecule has 1 aromatic heterocycles. The minimum Gasteiger partial charge on any atom is -0.478 e. The highest BCUT2D eigenvalue weighted by molar-refractivity contribution is 7.98. The van der Waals surface area contributed by atoms with E-state index < -0.39 is 5.97 Å². The Hall–Kier alpha value is -1.39. The number of hydrogen-bond donors (Lipinski definition) is 1. The van der Waals surface area contributed by atoms with Crippen LogP contribution >= 0.6 is 23.4 Å². The van der Waals surface area contributed by atoms with Crippen molar-refractivity contribution in [2.45, 2.75) is 10.6 Å². The molecular weight excluding hydrogens is 260 g/mol. The van der Waals surface area contributed by atoms with Crippen molar-refractivity contribution in [1.29, 1.82) is 0 Å². The molecule has 0 aliphatic rings. The molecule has 0 saturated carbocycles. The molecule has 1 N–H and O–H groups in total. The van der Waals surface area contributed by atoms with E-state index in [1.807, 2.05) is 18.2 Å². The fourth-order valence-electron chi connectivity index (χ4n) is 1.28. The summed E-state index contributed by atoms with van der Waals surface area (Å²) in [7, 11) is 0. The number of carboxylic acid groups (broad SMARTS) is 1. The third kappa shape index (κ3) is 3.28. The molecule has 0 radical (unpaired) electrons. The van der Waals surface area contributed by atoms with E-state index in [0.717, 1.165) is 4.90 Å². The van der Waals surface area contributed by atoms with Gasteiger partial charge in [0.2, 0.25) is 0 Å². The van der Waals surface area contributed by atoms with E-state index in [9.17, 15) is 4.79 Å². The van der Waals surface area contributed by atoms with E-state index >= 15 is 0 Å². The van der Waals surface area contributed by atoms with Gasteiger partial charge in [-0.05, 0) is 24.3 Å². The molecule has 1 heterocycles. The summed E-state index contributed by atoms with van der Waals surface area (Å²) in [6.07, 6.45) is 1.25. The van der Waals surface area contributed by atoms with Crippen LogP contribution in [0.25, 0.3) is 0 Å². The quantitative estimate of drug-likeness (QED) is 0.854. The molecule has 0 bridgehead atoms. The van der Waals surface area contributed by atoms with Crippen LogP contribution in [0.3, 0.4) is 0 Å². The van der Waals surface area contributed by atoms with Gasteiger partial charge in [-0.1, -0.05) is 17.7 Å². The van der Waals surface area contributed by atoms with Crippen molar-refractivity contribution >= 4 is 29.3 Å². The number of furan rings is 1. The minimum atomic E-state index is -0.979. The third-order valence-electron chi connectivity index (χ3n) is 2.08. The van der Waals surface area contributed by atoms with Gasteiger partial charge in [0.25, 0.3) is 0 Å². The fraction of sp³-hybridized carbons (Fsp3) is 0.0833. The topological polar surface area (TPSA) is 50.4 Å². The monoisotopic (exact) mass is 268 g/mol. The van der Waals surface area contributed by atoms with Gasteiger partial charge in [-0.25, -0.2) is 4.79 Å². The van der Waals surface area contributed by atoms with Gasteiger partial charge in [0.05, 0.1) is 11.3 Å². The van der Waals surface area contributed by atoms with Crippen molar-refractivity contribution in [2.24, 2.45) is 0 Å². The molecule has 0 spiro atoms. The van der Waals surface area contributed by atoms with E-state index in [0.29, 0.717) is 16.5 Å². The first-order valence-electron chi connectivity index (χ1n) is 4.84. The minimum absolute atomic E-state index is 0.173. The van der Waals surface area contributed by atoms with Gasteiger partial charge < -0.3 is 9.52 Å². The summed E-state index contributed by atoms with van der Waals surface area (Å²) in [5.41, 5.74) is 0.173. The molecule has 88 valence electrons. The Balaban J connectivity index is 2.00. The van der Waals surface area contributed by atoms with Gasteiger partial charge in [-0.3, -0.25) is 0 Å². The van der Waals surface area contributed by atoms with Crippen molar-refractivity contribution in [2.75, 3.05) is 0 Å². The summed E-state index contributed by atoms with van der Waals surface area (Å²) in [6, 6.07) is 9.00. The fourth-order valence-corrected chi connectivity index (χ4v) is 2.38. The zero-order valence-electron chi connectivity index (χ0n) is 8.72. The molecule has 0 fully saturated rings. The zero-order chi connectivity index (χ0) is 12.3. The Morgan fingerprint density at radius 1 is 1.41 bits per heavy atom. The first-order chi connectivity index (χ1) is 8.15. The maximum absolute atomic E-state index is 10.6. The average Bonchev–Trinajstić information content (AvgIpc) is 2.75. The normalized spacial score (nSPS) is 10.4. The highest BCUT2D eigenvalue weighted by Crippen LogP contribution is 2.25. The standard InChI is InChI=1S/C12H9ClO3S/c13-9-2-1-3-11(5-9)17-7-10-4-8(6-16-10)12(14)15/h1-6H,7H2,(H,14,15). The van der Waals surface area contributed by atoms with Crippen LogP contribution < -0.4 is 0 Å². The molecule has 2 aromatic rings. The number of thioether (sulfide) groups is 1. The lowest BCUT2D eigenvalue weighted by atomic mass is 10.3. The van der Waals surface area contributed by atoms with Crippen molar-refractivity contribution < 1.29 is 14.3 Å². The number of hydrogen-bond acceptors (Lipinski definition) is 3. The Morgan fingerprint density at radius 3 is 2.88 bits per heavy atom. The van der Waals surface area contributed by atoms with E-state index in [4.69, 9.17) is 21.1 Å². The molecule has 0 saturated heterocycles. The second-order valence-corrected chi connectivity index (χ2v) is 4.84. The summed E-state index contributed by atoms with van der Waals surface area (Å²) in [5, 5.41) is 9.42. The first kappa shape index (κ1) is 12.1. The van der Waals surface area contributed by atoms with Crippen LogP contribution in [-0.4, -0.2) is 11.1 Å². The van der Waals surface area contributed by atoms with Crippen molar-refractivity contribution in [3.05, 3.63) is 52.9 Å².